The molecule has 130 valence electrons. The standard InChI is InChI=1S/C19H21N3O3/c1-13(15-9-11-17(12-10-15)20-14(2)23)21-22-19(24)18(25-3)16-7-5-4-6-8-16/h4-12,18H,1-3H3,(H,20,23)(H,22,24)/b21-13-/t18-/m1/s1. The fraction of sp³-hybridized carbons (Fsp3) is 0.211. The Morgan fingerprint density at radius 3 is 2.20 bits per heavy atom. The second-order valence-electron chi connectivity index (χ2n) is 5.46. The van der Waals surface area contributed by atoms with Gasteiger partial charge in [-0.15, -0.1) is 0 Å². The molecule has 0 saturated carbocycles. The fourth-order valence-corrected chi connectivity index (χ4v) is 2.28. The summed E-state index contributed by atoms with van der Waals surface area (Å²) in [6.07, 6.45) is -0.722. The van der Waals surface area contributed by atoms with Gasteiger partial charge in [-0.25, -0.2) is 5.43 Å². The first-order valence-electron chi connectivity index (χ1n) is 7.81. The third-order valence-electron chi connectivity index (χ3n) is 3.53. The van der Waals surface area contributed by atoms with E-state index in [0.717, 1.165) is 11.1 Å². The monoisotopic (exact) mass is 339 g/mol. The molecule has 0 heterocycles. The Morgan fingerprint density at radius 1 is 1.00 bits per heavy atom. The maximum atomic E-state index is 12.3. The average molecular weight is 339 g/mol. The van der Waals surface area contributed by atoms with Crippen LogP contribution in [0.25, 0.3) is 0 Å². The molecule has 1 atom stereocenters. The molecule has 2 rings (SSSR count). The number of benzene rings is 2. The van der Waals surface area contributed by atoms with Gasteiger partial charge in [0.2, 0.25) is 5.91 Å². The summed E-state index contributed by atoms with van der Waals surface area (Å²) in [5.41, 5.74) is 5.48. The number of hydrogen-bond donors (Lipinski definition) is 2. The first-order chi connectivity index (χ1) is 12.0. The Morgan fingerprint density at radius 2 is 1.64 bits per heavy atom. The van der Waals surface area contributed by atoms with Crippen molar-refractivity contribution >= 4 is 23.2 Å². The van der Waals surface area contributed by atoms with Crippen molar-refractivity contribution in [3.05, 3.63) is 65.7 Å². The van der Waals surface area contributed by atoms with Gasteiger partial charge in [-0.1, -0.05) is 42.5 Å². The number of amides is 2. The van der Waals surface area contributed by atoms with Crippen LogP contribution in [0.1, 0.15) is 31.1 Å². The Bertz CT molecular complexity index is 755. The first kappa shape index (κ1) is 18.4. The highest BCUT2D eigenvalue weighted by Crippen LogP contribution is 2.16. The van der Waals surface area contributed by atoms with Gasteiger partial charge in [-0.05, 0) is 30.2 Å². The summed E-state index contributed by atoms with van der Waals surface area (Å²) < 4.78 is 5.27. The molecular weight excluding hydrogens is 318 g/mol. The molecule has 2 N–H and O–H groups in total. The van der Waals surface area contributed by atoms with Crippen LogP contribution in [0, 0.1) is 0 Å². The van der Waals surface area contributed by atoms with Crippen LogP contribution in [0.3, 0.4) is 0 Å². The summed E-state index contributed by atoms with van der Waals surface area (Å²) >= 11 is 0. The fourth-order valence-electron chi connectivity index (χ4n) is 2.28. The molecule has 0 fully saturated rings. The highest BCUT2D eigenvalue weighted by Gasteiger charge is 2.19. The lowest BCUT2D eigenvalue weighted by Crippen LogP contribution is -2.27. The summed E-state index contributed by atoms with van der Waals surface area (Å²) in [5, 5.41) is 6.83. The van der Waals surface area contributed by atoms with Gasteiger partial charge >= 0.3 is 0 Å². The SMILES string of the molecule is CO[C@@H](C(=O)N/N=C(/C)c1ccc(NC(C)=O)cc1)c1ccccc1. The van der Waals surface area contributed by atoms with Crippen molar-refractivity contribution in [1.29, 1.82) is 0 Å². The average Bonchev–Trinajstić information content (AvgIpc) is 2.61. The minimum absolute atomic E-state index is 0.128. The molecule has 0 spiro atoms. The van der Waals surface area contributed by atoms with E-state index in [9.17, 15) is 9.59 Å². The van der Waals surface area contributed by atoms with E-state index >= 15 is 0 Å². The zero-order valence-corrected chi connectivity index (χ0v) is 14.4. The van der Waals surface area contributed by atoms with Gasteiger partial charge in [0.15, 0.2) is 6.10 Å². The number of anilines is 1. The van der Waals surface area contributed by atoms with Gasteiger partial charge in [0, 0.05) is 19.7 Å². The number of nitrogens with one attached hydrogen (secondary N) is 2. The zero-order valence-electron chi connectivity index (χ0n) is 14.4. The van der Waals surface area contributed by atoms with Crippen LogP contribution in [0.5, 0.6) is 0 Å². The van der Waals surface area contributed by atoms with Crippen LogP contribution in [0.15, 0.2) is 59.7 Å². The molecule has 0 aromatic heterocycles. The lowest BCUT2D eigenvalue weighted by Gasteiger charge is -2.14. The van der Waals surface area contributed by atoms with Gasteiger partial charge in [-0.2, -0.15) is 5.10 Å². The van der Waals surface area contributed by atoms with Gasteiger partial charge in [0.05, 0.1) is 5.71 Å². The van der Waals surface area contributed by atoms with Crippen LogP contribution in [-0.2, 0) is 14.3 Å². The van der Waals surface area contributed by atoms with Crippen molar-refractivity contribution in [3.63, 3.8) is 0 Å². The molecule has 6 nitrogen and oxygen atoms in total. The van der Waals surface area contributed by atoms with E-state index in [0.29, 0.717) is 11.4 Å². The maximum absolute atomic E-state index is 12.3. The lowest BCUT2D eigenvalue weighted by atomic mass is 10.1. The molecule has 0 bridgehead atoms. The lowest BCUT2D eigenvalue weighted by molar-refractivity contribution is -0.131. The van der Waals surface area contributed by atoms with Crippen molar-refractivity contribution in [1.82, 2.24) is 5.43 Å². The summed E-state index contributed by atoms with van der Waals surface area (Å²) in [4.78, 5) is 23.3. The molecule has 0 unspecified atom stereocenters. The highest BCUT2D eigenvalue weighted by molar-refractivity contribution is 6.00. The Hall–Kier alpha value is -2.99. The largest absolute Gasteiger partial charge is 0.367 e. The third kappa shape index (κ3) is 5.26. The van der Waals surface area contributed by atoms with Crippen molar-refractivity contribution in [3.8, 4) is 0 Å². The summed E-state index contributed by atoms with van der Waals surface area (Å²) in [6, 6.07) is 16.4. The number of carbonyl (C=O) groups excluding carboxylic acids is 2. The maximum Gasteiger partial charge on any atom is 0.273 e. The number of nitrogens with zero attached hydrogens (tertiary/aromatic N) is 1. The van der Waals surface area contributed by atoms with Crippen LogP contribution < -0.4 is 10.7 Å². The first-order valence-corrected chi connectivity index (χ1v) is 7.81. The van der Waals surface area contributed by atoms with Gasteiger partial charge in [0.1, 0.15) is 0 Å². The minimum Gasteiger partial charge on any atom is -0.367 e. The predicted molar refractivity (Wildman–Crippen MR) is 97.3 cm³/mol. The molecule has 0 radical (unpaired) electrons. The molecular formula is C19H21N3O3. The van der Waals surface area contributed by atoms with Crippen LogP contribution in [-0.4, -0.2) is 24.6 Å². The van der Waals surface area contributed by atoms with E-state index in [-0.39, 0.29) is 11.8 Å². The quantitative estimate of drug-likeness (QED) is 0.627. The Labute approximate surface area is 146 Å². The second-order valence-corrected chi connectivity index (χ2v) is 5.46. The number of rotatable bonds is 6. The number of carbonyl (C=O) groups is 2. The van der Waals surface area contributed by atoms with Crippen molar-refractivity contribution in [2.24, 2.45) is 5.10 Å². The van der Waals surface area contributed by atoms with Crippen molar-refractivity contribution in [2.45, 2.75) is 20.0 Å². The summed E-state index contributed by atoms with van der Waals surface area (Å²) in [5.74, 6) is -0.472. The highest BCUT2D eigenvalue weighted by atomic mass is 16.5. The normalized spacial score (nSPS) is 12.4. The molecule has 2 amide bonds. The molecule has 0 aliphatic rings. The number of ether oxygens (including phenoxy) is 1. The number of hydrazone groups is 1. The predicted octanol–water partition coefficient (Wildman–Crippen LogP) is 2.87. The molecule has 25 heavy (non-hydrogen) atoms. The van der Waals surface area contributed by atoms with Crippen LogP contribution >= 0.6 is 0 Å². The van der Waals surface area contributed by atoms with E-state index in [4.69, 9.17) is 4.74 Å². The Balaban J connectivity index is 2.04. The van der Waals surface area contributed by atoms with Crippen LogP contribution in [0.2, 0.25) is 0 Å². The van der Waals surface area contributed by atoms with E-state index in [2.05, 4.69) is 15.8 Å². The van der Waals surface area contributed by atoms with Crippen LogP contribution in [0.4, 0.5) is 5.69 Å². The third-order valence-corrected chi connectivity index (χ3v) is 3.53. The van der Waals surface area contributed by atoms with Gasteiger partial charge in [-0.3, -0.25) is 9.59 Å². The topological polar surface area (TPSA) is 79.8 Å². The van der Waals surface area contributed by atoms with Crippen molar-refractivity contribution in [2.75, 3.05) is 12.4 Å². The van der Waals surface area contributed by atoms with E-state index in [1.54, 1.807) is 19.1 Å². The van der Waals surface area contributed by atoms with Gasteiger partial charge in [0.25, 0.3) is 5.91 Å². The second kappa shape index (κ2) is 8.75. The van der Waals surface area contributed by atoms with Gasteiger partial charge < -0.3 is 10.1 Å². The van der Waals surface area contributed by atoms with E-state index in [1.165, 1.54) is 14.0 Å². The summed E-state index contributed by atoms with van der Waals surface area (Å²) in [6.45, 7) is 3.24. The van der Waals surface area contributed by atoms with Crippen molar-refractivity contribution < 1.29 is 14.3 Å². The minimum atomic E-state index is -0.722. The summed E-state index contributed by atoms with van der Waals surface area (Å²) in [7, 11) is 1.48. The molecule has 0 aliphatic carbocycles. The smallest absolute Gasteiger partial charge is 0.273 e. The molecule has 6 heteroatoms. The molecule has 2 aromatic carbocycles. The molecule has 0 saturated heterocycles. The molecule has 2 aromatic rings. The Kier molecular flexibility index (Phi) is 6.42. The van der Waals surface area contributed by atoms with E-state index in [1.807, 2.05) is 42.5 Å². The van der Waals surface area contributed by atoms with E-state index < -0.39 is 6.10 Å². The zero-order chi connectivity index (χ0) is 18.2. The number of hydrogen-bond acceptors (Lipinski definition) is 4. The molecule has 0 aliphatic heterocycles. The number of methoxy groups -OCH3 is 1.